The van der Waals surface area contributed by atoms with Crippen LogP contribution in [-0.4, -0.2) is 10.2 Å². The highest BCUT2D eigenvalue weighted by molar-refractivity contribution is 9.10. The molecule has 3 aromatic rings. The molecule has 0 bridgehead atoms. The monoisotopic (exact) mass is 447 g/mol. The van der Waals surface area contributed by atoms with E-state index in [0.29, 0.717) is 30.9 Å². The highest BCUT2D eigenvalue weighted by Gasteiger charge is 2.14. The lowest BCUT2D eigenvalue weighted by Gasteiger charge is -2.11. The van der Waals surface area contributed by atoms with Crippen LogP contribution in [0.25, 0.3) is 11.5 Å². The summed E-state index contributed by atoms with van der Waals surface area (Å²) in [7, 11) is 0. The van der Waals surface area contributed by atoms with E-state index in [2.05, 4.69) is 26.1 Å². The van der Waals surface area contributed by atoms with Gasteiger partial charge in [-0.3, -0.25) is 0 Å². The number of aromatic nitrogens is 2. The first-order valence-corrected chi connectivity index (χ1v) is 8.52. The maximum absolute atomic E-state index is 6.29. The average molecular weight is 450 g/mol. The van der Waals surface area contributed by atoms with Crippen molar-refractivity contribution in [2.75, 3.05) is 5.73 Å². The molecule has 0 aliphatic rings. The van der Waals surface area contributed by atoms with Crippen molar-refractivity contribution in [3.8, 4) is 17.2 Å². The normalized spacial score (nSPS) is 10.8. The largest absolute Gasteiger partial charge is 0.486 e. The molecule has 0 fully saturated rings. The van der Waals surface area contributed by atoms with E-state index in [1.807, 2.05) is 6.07 Å². The van der Waals surface area contributed by atoms with Gasteiger partial charge >= 0.3 is 6.01 Å². The van der Waals surface area contributed by atoms with Crippen molar-refractivity contribution in [2.24, 2.45) is 0 Å². The van der Waals surface area contributed by atoms with Crippen molar-refractivity contribution in [3.63, 3.8) is 0 Å². The Bertz CT molecular complexity index is 878. The van der Waals surface area contributed by atoms with Gasteiger partial charge in [-0.2, -0.15) is 0 Å². The molecule has 0 radical (unpaired) electrons. The topological polar surface area (TPSA) is 74.2 Å². The highest BCUT2D eigenvalue weighted by atomic mass is 79.9. The zero-order valence-electron chi connectivity index (χ0n) is 11.9. The molecule has 0 aliphatic carbocycles. The number of nitrogens with zero attached hydrogens (tertiary/aromatic N) is 2. The summed E-state index contributed by atoms with van der Waals surface area (Å²) >= 11 is 21.6. The van der Waals surface area contributed by atoms with Crippen LogP contribution in [0, 0.1) is 0 Å². The van der Waals surface area contributed by atoms with Gasteiger partial charge in [-0.05, 0) is 45.8 Å². The predicted molar refractivity (Wildman–Crippen MR) is 97.7 cm³/mol. The summed E-state index contributed by atoms with van der Waals surface area (Å²) in [5, 5.41) is 8.77. The van der Waals surface area contributed by atoms with Gasteiger partial charge in [-0.15, -0.1) is 5.10 Å². The van der Waals surface area contributed by atoms with Crippen LogP contribution in [0.1, 0.15) is 5.56 Å². The Morgan fingerprint density at radius 2 is 1.83 bits per heavy atom. The Morgan fingerprint density at radius 1 is 1.04 bits per heavy atom. The lowest BCUT2D eigenvalue weighted by molar-refractivity contribution is 0.304. The molecular weight excluding hydrogens is 440 g/mol. The molecule has 2 N–H and O–H groups in total. The van der Waals surface area contributed by atoms with Gasteiger partial charge in [0.1, 0.15) is 6.61 Å². The van der Waals surface area contributed by atoms with Gasteiger partial charge in [0.15, 0.2) is 5.75 Å². The van der Waals surface area contributed by atoms with Crippen LogP contribution in [0.15, 0.2) is 39.2 Å². The van der Waals surface area contributed by atoms with E-state index in [1.165, 1.54) is 0 Å². The molecule has 1 aromatic heterocycles. The molecule has 0 spiro atoms. The number of ether oxygens (including phenoxy) is 1. The van der Waals surface area contributed by atoms with Gasteiger partial charge in [-0.25, -0.2) is 0 Å². The van der Waals surface area contributed by atoms with Gasteiger partial charge < -0.3 is 14.9 Å². The summed E-state index contributed by atoms with van der Waals surface area (Å²) in [5.74, 6) is 0.755. The minimum atomic E-state index is -0.0165. The molecule has 0 atom stereocenters. The molecule has 124 valence electrons. The third kappa shape index (κ3) is 3.78. The second-order valence-electron chi connectivity index (χ2n) is 4.75. The zero-order valence-corrected chi connectivity index (χ0v) is 15.7. The summed E-state index contributed by atoms with van der Waals surface area (Å²) in [5.41, 5.74) is 6.91. The van der Waals surface area contributed by atoms with Crippen LogP contribution >= 0.6 is 50.7 Å². The number of nitrogen functional groups attached to an aromatic ring is 1. The molecule has 5 nitrogen and oxygen atoms in total. The second-order valence-corrected chi connectivity index (χ2v) is 6.83. The second kappa shape index (κ2) is 7.19. The van der Waals surface area contributed by atoms with E-state index in [0.717, 1.165) is 5.56 Å². The predicted octanol–water partition coefficient (Wildman–Crippen LogP) is 5.62. The van der Waals surface area contributed by atoms with Crippen LogP contribution in [0.2, 0.25) is 15.1 Å². The van der Waals surface area contributed by atoms with Crippen LogP contribution in [0.3, 0.4) is 0 Å². The molecule has 24 heavy (non-hydrogen) atoms. The van der Waals surface area contributed by atoms with Crippen molar-refractivity contribution in [1.82, 2.24) is 10.2 Å². The van der Waals surface area contributed by atoms with Gasteiger partial charge in [0, 0.05) is 5.56 Å². The smallest absolute Gasteiger partial charge is 0.313 e. The summed E-state index contributed by atoms with van der Waals surface area (Å²) < 4.78 is 11.6. The first kappa shape index (κ1) is 17.4. The quantitative estimate of drug-likeness (QED) is 0.560. The lowest BCUT2D eigenvalue weighted by atomic mass is 10.2. The van der Waals surface area contributed by atoms with Gasteiger partial charge in [0.2, 0.25) is 5.89 Å². The zero-order chi connectivity index (χ0) is 17.3. The lowest BCUT2D eigenvalue weighted by Crippen LogP contribution is -1.97. The third-order valence-corrected chi connectivity index (χ3v) is 4.66. The Morgan fingerprint density at radius 3 is 2.46 bits per heavy atom. The van der Waals surface area contributed by atoms with Crippen molar-refractivity contribution < 1.29 is 9.15 Å². The summed E-state index contributed by atoms with van der Waals surface area (Å²) in [6.07, 6.45) is 0. The van der Waals surface area contributed by atoms with E-state index in [9.17, 15) is 0 Å². The highest BCUT2D eigenvalue weighted by Crippen LogP contribution is 2.38. The van der Waals surface area contributed by atoms with E-state index in [-0.39, 0.29) is 18.5 Å². The third-order valence-electron chi connectivity index (χ3n) is 3.05. The molecule has 0 unspecified atom stereocenters. The number of rotatable bonds is 4. The van der Waals surface area contributed by atoms with Crippen LogP contribution in [0.4, 0.5) is 6.01 Å². The number of anilines is 1. The Kier molecular flexibility index (Phi) is 5.20. The molecule has 0 aliphatic heterocycles. The standard InChI is InChI=1S/C15H9BrCl3N3O2/c16-9-4-8(14-21-22-15(20)24-14)5-12(19)13(9)23-6-7-1-2-10(17)11(18)3-7/h1-5H,6H2,(H2,20,22). The number of hydrogen-bond donors (Lipinski definition) is 1. The molecule has 9 heteroatoms. The fourth-order valence-electron chi connectivity index (χ4n) is 1.96. The first-order valence-electron chi connectivity index (χ1n) is 6.59. The Hall–Kier alpha value is -1.47. The molecule has 0 amide bonds. The van der Waals surface area contributed by atoms with Crippen LogP contribution < -0.4 is 10.5 Å². The van der Waals surface area contributed by atoms with Gasteiger partial charge in [-0.1, -0.05) is 46.0 Å². The Balaban J connectivity index is 1.82. The number of halogens is 4. The van der Waals surface area contributed by atoms with Crippen molar-refractivity contribution >= 4 is 56.7 Å². The van der Waals surface area contributed by atoms with E-state index < -0.39 is 0 Å². The minimum absolute atomic E-state index is 0.0165. The summed E-state index contributed by atoms with van der Waals surface area (Å²) in [6, 6.07) is 8.67. The van der Waals surface area contributed by atoms with Crippen molar-refractivity contribution in [2.45, 2.75) is 6.61 Å². The molecule has 0 saturated carbocycles. The number of hydrogen-bond acceptors (Lipinski definition) is 5. The number of benzene rings is 2. The van der Waals surface area contributed by atoms with E-state index in [1.54, 1.807) is 24.3 Å². The van der Waals surface area contributed by atoms with Crippen molar-refractivity contribution in [3.05, 3.63) is 55.4 Å². The van der Waals surface area contributed by atoms with E-state index in [4.69, 9.17) is 49.7 Å². The van der Waals surface area contributed by atoms with Crippen LogP contribution in [0.5, 0.6) is 5.75 Å². The maximum atomic E-state index is 6.29. The summed E-state index contributed by atoms with van der Waals surface area (Å²) in [6.45, 7) is 0.280. The van der Waals surface area contributed by atoms with Gasteiger partial charge in [0.25, 0.3) is 0 Å². The summed E-state index contributed by atoms with van der Waals surface area (Å²) in [4.78, 5) is 0. The molecule has 0 saturated heterocycles. The average Bonchev–Trinajstić information content (AvgIpc) is 2.96. The molecule has 3 rings (SSSR count). The Labute approximate surface area is 160 Å². The first-order chi connectivity index (χ1) is 11.4. The van der Waals surface area contributed by atoms with Crippen LogP contribution in [-0.2, 0) is 6.61 Å². The van der Waals surface area contributed by atoms with Crippen molar-refractivity contribution in [1.29, 1.82) is 0 Å². The SMILES string of the molecule is Nc1nnc(-c2cc(Cl)c(OCc3ccc(Cl)c(Cl)c3)c(Br)c2)o1. The van der Waals surface area contributed by atoms with Gasteiger partial charge in [0.05, 0.1) is 19.5 Å². The fourth-order valence-corrected chi connectivity index (χ4v) is 3.24. The fraction of sp³-hybridized carbons (Fsp3) is 0.0667. The molecule has 2 aromatic carbocycles. The minimum Gasteiger partial charge on any atom is -0.486 e. The molecular formula is C15H9BrCl3N3O2. The molecule has 1 heterocycles. The maximum Gasteiger partial charge on any atom is 0.313 e. The van der Waals surface area contributed by atoms with E-state index >= 15 is 0 Å². The number of nitrogens with two attached hydrogens (primary N) is 1.